The first-order chi connectivity index (χ1) is 13.1. The summed E-state index contributed by atoms with van der Waals surface area (Å²) in [6, 6.07) is 7.02. The molecule has 0 saturated heterocycles. The molecule has 2 heterocycles. The summed E-state index contributed by atoms with van der Waals surface area (Å²) in [5.74, 6) is -0.520. The molecule has 1 aliphatic heterocycles. The number of carbonyl (C=O) groups is 1. The van der Waals surface area contributed by atoms with Gasteiger partial charge in [-0.25, -0.2) is 13.2 Å². The highest BCUT2D eigenvalue weighted by Crippen LogP contribution is 2.29. The van der Waals surface area contributed by atoms with Crippen LogP contribution in [-0.2, 0) is 40.2 Å². The van der Waals surface area contributed by atoms with Crippen LogP contribution in [0, 0.1) is 0 Å². The number of nitrogens with zero attached hydrogens (tertiary/aromatic N) is 3. The zero-order chi connectivity index (χ0) is 20.7. The molecule has 1 aromatic heterocycles. The van der Waals surface area contributed by atoms with Crippen molar-refractivity contribution in [1.29, 1.82) is 0 Å². The minimum absolute atomic E-state index is 0.0490. The molecule has 3 rings (SSSR count). The lowest BCUT2D eigenvalue weighted by Gasteiger charge is -2.27. The molecule has 152 valence electrons. The molecule has 0 fully saturated rings. The monoisotopic (exact) mass is 405 g/mol. The summed E-state index contributed by atoms with van der Waals surface area (Å²) in [6.45, 7) is 8.68. The lowest BCUT2D eigenvalue weighted by atomic mass is 9.87. The first-order valence-corrected chi connectivity index (χ1v) is 10.8. The van der Waals surface area contributed by atoms with Crippen LogP contribution in [0.15, 0.2) is 29.2 Å². The van der Waals surface area contributed by atoms with Gasteiger partial charge in [-0.1, -0.05) is 32.9 Å². The van der Waals surface area contributed by atoms with Gasteiger partial charge in [-0.3, -0.25) is 4.68 Å². The standard InChI is InChI=1S/C20H27N3O4S/c1-6-27-19(24)18-16-13-23(12-11-17(16)22(5)21-18)28(25,26)15-9-7-14(8-10-15)20(2,3)4/h7-10H,6,11-13H2,1-5H3. The number of aromatic nitrogens is 2. The van der Waals surface area contributed by atoms with Crippen LogP contribution in [0.1, 0.15) is 55.0 Å². The third-order valence-electron chi connectivity index (χ3n) is 5.03. The van der Waals surface area contributed by atoms with Crippen molar-refractivity contribution in [2.45, 2.75) is 51.0 Å². The molecule has 0 saturated carbocycles. The normalized spacial score (nSPS) is 15.3. The van der Waals surface area contributed by atoms with E-state index in [1.165, 1.54) is 4.31 Å². The van der Waals surface area contributed by atoms with Crippen LogP contribution in [0.5, 0.6) is 0 Å². The molecule has 0 aliphatic carbocycles. The first-order valence-electron chi connectivity index (χ1n) is 9.38. The van der Waals surface area contributed by atoms with Gasteiger partial charge in [0.05, 0.1) is 11.5 Å². The van der Waals surface area contributed by atoms with Crippen LogP contribution in [0.3, 0.4) is 0 Å². The topological polar surface area (TPSA) is 81.5 Å². The van der Waals surface area contributed by atoms with E-state index < -0.39 is 16.0 Å². The zero-order valence-electron chi connectivity index (χ0n) is 17.0. The van der Waals surface area contributed by atoms with E-state index in [1.54, 1.807) is 30.8 Å². The number of hydrogen-bond donors (Lipinski definition) is 0. The number of carbonyl (C=O) groups excluding carboxylic acids is 1. The summed E-state index contributed by atoms with van der Waals surface area (Å²) in [5, 5.41) is 4.26. The fraction of sp³-hybridized carbons (Fsp3) is 0.500. The first kappa shape index (κ1) is 20.5. The summed E-state index contributed by atoms with van der Waals surface area (Å²) in [5.41, 5.74) is 2.72. The molecule has 1 aromatic carbocycles. The Morgan fingerprint density at radius 3 is 2.43 bits per heavy atom. The molecule has 0 unspecified atom stereocenters. The Labute approximate surface area is 166 Å². The second-order valence-electron chi connectivity index (χ2n) is 7.98. The Kier molecular flexibility index (Phi) is 5.38. The number of fused-ring (bicyclic) bond motifs is 1. The van der Waals surface area contributed by atoms with Gasteiger partial charge in [0.15, 0.2) is 5.69 Å². The number of ether oxygens (including phenoxy) is 1. The van der Waals surface area contributed by atoms with E-state index in [4.69, 9.17) is 4.74 Å². The van der Waals surface area contributed by atoms with Crippen LogP contribution >= 0.6 is 0 Å². The second kappa shape index (κ2) is 7.33. The average molecular weight is 406 g/mol. The molecule has 1 aliphatic rings. The number of sulfonamides is 1. The average Bonchev–Trinajstić information content (AvgIpc) is 2.98. The maximum Gasteiger partial charge on any atom is 0.359 e. The van der Waals surface area contributed by atoms with Crippen LogP contribution in [0.25, 0.3) is 0 Å². The highest BCUT2D eigenvalue weighted by atomic mass is 32.2. The number of hydrogen-bond acceptors (Lipinski definition) is 5. The summed E-state index contributed by atoms with van der Waals surface area (Å²) in [6.07, 6.45) is 0.498. The van der Waals surface area contributed by atoms with Crippen LogP contribution in [-0.4, -0.2) is 41.6 Å². The predicted octanol–water partition coefficient (Wildman–Crippen LogP) is 2.64. The molecule has 0 N–H and O–H groups in total. The largest absolute Gasteiger partial charge is 0.461 e. The minimum Gasteiger partial charge on any atom is -0.461 e. The summed E-state index contributed by atoms with van der Waals surface area (Å²) in [7, 11) is -1.91. The fourth-order valence-corrected chi connectivity index (χ4v) is 4.82. The van der Waals surface area contributed by atoms with Crippen molar-refractivity contribution in [3.05, 3.63) is 46.8 Å². The molecule has 0 atom stereocenters. The molecular weight excluding hydrogens is 378 g/mol. The van der Waals surface area contributed by atoms with E-state index in [0.29, 0.717) is 18.5 Å². The minimum atomic E-state index is -3.67. The third kappa shape index (κ3) is 3.71. The third-order valence-corrected chi connectivity index (χ3v) is 6.89. The van der Waals surface area contributed by atoms with Gasteiger partial charge in [-0.2, -0.15) is 9.40 Å². The molecule has 7 nitrogen and oxygen atoms in total. The number of benzene rings is 1. The van der Waals surface area contributed by atoms with Crippen molar-refractivity contribution in [2.75, 3.05) is 13.2 Å². The van der Waals surface area contributed by atoms with Crippen molar-refractivity contribution in [1.82, 2.24) is 14.1 Å². The van der Waals surface area contributed by atoms with Gasteiger partial charge in [0.25, 0.3) is 0 Å². The van der Waals surface area contributed by atoms with Gasteiger partial charge in [0.1, 0.15) is 0 Å². The van der Waals surface area contributed by atoms with Crippen LogP contribution < -0.4 is 0 Å². The Hall–Kier alpha value is -2.19. The Morgan fingerprint density at radius 1 is 1.21 bits per heavy atom. The van der Waals surface area contributed by atoms with Gasteiger partial charge >= 0.3 is 5.97 Å². The van der Waals surface area contributed by atoms with Gasteiger partial charge in [0.2, 0.25) is 10.0 Å². The SMILES string of the molecule is CCOC(=O)c1nn(C)c2c1CN(S(=O)(=O)c1ccc(C(C)(C)C)cc1)CC2. The molecular formula is C20H27N3O4S. The van der Waals surface area contributed by atoms with Gasteiger partial charge in [-0.15, -0.1) is 0 Å². The van der Waals surface area contributed by atoms with E-state index in [0.717, 1.165) is 11.3 Å². The Bertz CT molecular complexity index is 986. The quantitative estimate of drug-likeness (QED) is 0.731. The van der Waals surface area contributed by atoms with E-state index in [-0.39, 0.29) is 29.2 Å². The number of esters is 1. The van der Waals surface area contributed by atoms with E-state index in [1.807, 2.05) is 12.1 Å². The summed E-state index contributed by atoms with van der Waals surface area (Å²) >= 11 is 0. The molecule has 0 spiro atoms. The highest BCUT2D eigenvalue weighted by Gasteiger charge is 2.34. The van der Waals surface area contributed by atoms with Crippen molar-refractivity contribution in [3.8, 4) is 0 Å². The van der Waals surface area contributed by atoms with Crippen LogP contribution in [0.2, 0.25) is 0 Å². The number of aryl methyl sites for hydroxylation is 1. The Balaban J connectivity index is 1.91. The Morgan fingerprint density at radius 2 is 1.86 bits per heavy atom. The van der Waals surface area contributed by atoms with E-state index in [9.17, 15) is 13.2 Å². The van der Waals surface area contributed by atoms with Gasteiger partial charge in [-0.05, 0) is 30.0 Å². The van der Waals surface area contributed by atoms with Crippen molar-refractivity contribution in [2.24, 2.45) is 7.05 Å². The highest BCUT2D eigenvalue weighted by molar-refractivity contribution is 7.89. The van der Waals surface area contributed by atoms with Crippen molar-refractivity contribution < 1.29 is 17.9 Å². The van der Waals surface area contributed by atoms with Gasteiger partial charge in [0, 0.05) is 37.8 Å². The maximum atomic E-state index is 13.2. The molecule has 0 bridgehead atoms. The summed E-state index contributed by atoms with van der Waals surface area (Å²) in [4.78, 5) is 12.5. The summed E-state index contributed by atoms with van der Waals surface area (Å²) < 4.78 is 34.4. The van der Waals surface area contributed by atoms with Gasteiger partial charge < -0.3 is 4.74 Å². The number of rotatable bonds is 4. The van der Waals surface area contributed by atoms with Crippen molar-refractivity contribution >= 4 is 16.0 Å². The maximum absolute atomic E-state index is 13.2. The smallest absolute Gasteiger partial charge is 0.359 e. The van der Waals surface area contributed by atoms with E-state index in [2.05, 4.69) is 25.9 Å². The molecule has 28 heavy (non-hydrogen) atoms. The molecule has 8 heteroatoms. The van der Waals surface area contributed by atoms with E-state index >= 15 is 0 Å². The molecule has 0 radical (unpaired) electrons. The zero-order valence-corrected chi connectivity index (χ0v) is 17.8. The second-order valence-corrected chi connectivity index (χ2v) is 9.92. The lowest BCUT2D eigenvalue weighted by Crippen LogP contribution is -2.36. The molecule has 2 aromatic rings. The van der Waals surface area contributed by atoms with Crippen LogP contribution in [0.4, 0.5) is 0 Å². The van der Waals surface area contributed by atoms with Crippen molar-refractivity contribution in [3.63, 3.8) is 0 Å². The molecule has 0 amide bonds. The fourth-order valence-electron chi connectivity index (χ4n) is 3.41. The predicted molar refractivity (Wildman–Crippen MR) is 106 cm³/mol. The lowest BCUT2D eigenvalue weighted by molar-refractivity contribution is 0.0516.